The van der Waals surface area contributed by atoms with E-state index in [2.05, 4.69) is 6.07 Å². The second kappa shape index (κ2) is 6.97. The molecule has 90 valence electrons. The number of nitrogens with zero attached hydrogens (tertiary/aromatic N) is 1. The van der Waals surface area contributed by atoms with Crippen LogP contribution in [0.15, 0.2) is 23.1 Å². The lowest BCUT2D eigenvalue weighted by molar-refractivity contribution is 0.0526. The zero-order valence-corrected chi connectivity index (χ0v) is 10.8. The summed E-state index contributed by atoms with van der Waals surface area (Å²) in [5, 5.41) is 8.61. The van der Waals surface area contributed by atoms with Crippen molar-refractivity contribution in [3.63, 3.8) is 0 Å². The second-order valence-corrected chi connectivity index (χ2v) is 4.25. The fourth-order valence-corrected chi connectivity index (χ4v) is 2.13. The summed E-state index contributed by atoms with van der Waals surface area (Å²) in [6.07, 6.45) is 3.11. The predicted molar refractivity (Wildman–Crippen MR) is 68.1 cm³/mol. The molecule has 0 spiro atoms. The first kappa shape index (κ1) is 13.6. The quantitative estimate of drug-likeness (QED) is 0.594. The van der Waals surface area contributed by atoms with Gasteiger partial charge < -0.3 is 4.74 Å². The van der Waals surface area contributed by atoms with Gasteiger partial charge in [-0.15, -0.1) is 11.8 Å². The molecule has 0 atom stereocenters. The van der Waals surface area contributed by atoms with Gasteiger partial charge >= 0.3 is 5.97 Å². The summed E-state index contributed by atoms with van der Waals surface area (Å²) in [5.74, 6) is -0.307. The highest BCUT2D eigenvalue weighted by Crippen LogP contribution is 2.23. The SMILES string of the molecule is CCOC(=O)c1ccc(SC)c(CCC#N)c1. The lowest BCUT2D eigenvalue weighted by Crippen LogP contribution is -2.05. The van der Waals surface area contributed by atoms with Crippen molar-refractivity contribution in [1.29, 1.82) is 5.26 Å². The molecule has 1 rings (SSSR count). The molecule has 17 heavy (non-hydrogen) atoms. The molecule has 0 heterocycles. The molecule has 1 aromatic rings. The Morgan fingerprint density at radius 2 is 2.29 bits per heavy atom. The van der Waals surface area contributed by atoms with E-state index in [0.29, 0.717) is 25.0 Å². The molecule has 0 N–H and O–H groups in total. The van der Waals surface area contributed by atoms with Crippen molar-refractivity contribution in [3.8, 4) is 6.07 Å². The first-order valence-corrected chi connectivity index (χ1v) is 6.66. The molecule has 0 saturated heterocycles. The molecule has 0 saturated carbocycles. The summed E-state index contributed by atoms with van der Waals surface area (Å²) in [5.41, 5.74) is 1.59. The third-order valence-corrected chi connectivity index (χ3v) is 3.14. The maximum absolute atomic E-state index is 11.6. The Bertz CT molecular complexity index is 438. The van der Waals surface area contributed by atoms with E-state index in [1.54, 1.807) is 24.8 Å². The van der Waals surface area contributed by atoms with Crippen LogP contribution in [0.3, 0.4) is 0 Å². The Labute approximate surface area is 106 Å². The lowest BCUT2D eigenvalue weighted by atomic mass is 10.1. The topological polar surface area (TPSA) is 50.1 Å². The van der Waals surface area contributed by atoms with Crippen molar-refractivity contribution >= 4 is 17.7 Å². The van der Waals surface area contributed by atoms with Gasteiger partial charge in [-0.3, -0.25) is 0 Å². The summed E-state index contributed by atoms with van der Waals surface area (Å²) in [6.45, 7) is 2.15. The van der Waals surface area contributed by atoms with Crippen LogP contribution >= 0.6 is 11.8 Å². The third-order valence-electron chi connectivity index (χ3n) is 2.30. The monoisotopic (exact) mass is 249 g/mol. The van der Waals surface area contributed by atoms with Crippen LogP contribution in [0, 0.1) is 11.3 Å². The van der Waals surface area contributed by atoms with Gasteiger partial charge in [0.15, 0.2) is 0 Å². The molecular weight excluding hydrogens is 234 g/mol. The number of hydrogen-bond acceptors (Lipinski definition) is 4. The highest BCUT2D eigenvalue weighted by atomic mass is 32.2. The summed E-state index contributed by atoms with van der Waals surface area (Å²) in [4.78, 5) is 12.7. The number of ether oxygens (including phenoxy) is 1. The average molecular weight is 249 g/mol. The number of rotatable bonds is 5. The molecule has 0 radical (unpaired) electrons. The highest BCUT2D eigenvalue weighted by molar-refractivity contribution is 7.98. The zero-order chi connectivity index (χ0) is 12.7. The molecule has 1 aromatic carbocycles. The Hall–Kier alpha value is -1.47. The van der Waals surface area contributed by atoms with Crippen LogP contribution in [0.1, 0.15) is 29.3 Å². The molecule has 3 nitrogen and oxygen atoms in total. The van der Waals surface area contributed by atoms with E-state index < -0.39 is 0 Å². The number of carbonyl (C=O) groups is 1. The van der Waals surface area contributed by atoms with Gasteiger partial charge in [0, 0.05) is 11.3 Å². The first-order valence-electron chi connectivity index (χ1n) is 5.44. The highest BCUT2D eigenvalue weighted by Gasteiger charge is 2.09. The van der Waals surface area contributed by atoms with Crippen LogP contribution in [-0.2, 0) is 11.2 Å². The molecule has 0 aromatic heterocycles. The number of benzene rings is 1. The number of thioether (sulfide) groups is 1. The van der Waals surface area contributed by atoms with E-state index in [-0.39, 0.29) is 5.97 Å². The molecule has 0 aliphatic rings. The molecule has 0 amide bonds. The summed E-state index contributed by atoms with van der Waals surface area (Å²) in [7, 11) is 0. The van der Waals surface area contributed by atoms with Crippen LogP contribution in [-0.4, -0.2) is 18.8 Å². The van der Waals surface area contributed by atoms with E-state index in [0.717, 1.165) is 10.5 Å². The number of carbonyl (C=O) groups excluding carboxylic acids is 1. The first-order chi connectivity index (χ1) is 8.22. The minimum Gasteiger partial charge on any atom is -0.462 e. The van der Waals surface area contributed by atoms with Crippen LogP contribution in [0.2, 0.25) is 0 Å². The average Bonchev–Trinajstić information content (AvgIpc) is 2.36. The Kier molecular flexibility index (Phi) is 5.58. The molecule has 0 fully saturated rings. The maximum atomic E-state index is 11.6. The molecular formula is C13H15NO2S. The largest absolute Gasteiger partial charge is 0.462 e. The van der Waals surface area contributed by atoms with Gasteiger partial charge in [0.2, 0.25) is 0 Å². The minimum atomic E-state index is -0.307. The van der Waals surface area contributed by atoms with Gasteiger partial charge in [-0.25, -0.2) is 4.79 Å². The molecule has 0 aliphatic heterocycles. The second-order valence-electron chi connectivity index (χ2n) is 3.41. The number of esters is 1. The maximum Gasteiger partial charge on any atom is 0.338 e. The minimum absolute atomic E-state index is 0.307. The van der Waals surface area contributed by atoms with E-state index in [1.165, 1.54) is 0 Å². The predicted octanol–water partition coefficient (Wildman–Crippen LogP) is 3.04. The molecule has 0 bridgehead atoms. The van der Waals surface area contributed by atoms with Gasteiger partial charge in [0.05, 0.1) is 18.2 Å². The summed E-state index contributed by atoms with van der Waals surface area (Å²) < 4.78 is 4.95. The van der Waals surface area contributed by atoms with Gasteiger partial charge in [-0.05, 0) is 43.4 Å². The van der Waals surface area contributed by atoms with Crippen LogP contribution in [0.25, 0.3) is 0 Å². The van der Waals surface area contributed by atoms with Crippen molar-refractivity contribution in [3.05, 3.63) is 29.3 Å². The van der Waals surface area contributed by atoms with E-state index in [1.807, 2.05) is 18.4 Å². The van der Waals surface area contributed by atoms with Crippen LogP contribution in [0.4, 0.5) is 0 Å². The molecule has 0 unspecified atom stereocenters. The normalized spacial score (nSPS) is 9.71. The number of nitriles is 1. The van der Waals surface area contributed by atoms with Crippen LogP contribution < -0.4 is 0 Å². The van der Waals surface area contributed by atoms with Crippen molar-refractivity contribution < 1.29 is 9.53 Å². The fourth-order valence-electron chi connectivity index (χ4n) is 1.51. The molecule has 0 aliphatic carbocycles. The van der Waals surface area contributed by atoms with Crippen molar-refractivity contribution in [2.45, 2.75) is 24.7 Å². The smallest absolute Gasteiger partial charge is 0.338 e. The standard InChI is InChI=1S/C13H15NO2S/c1-3-16-13(15)11-6-7-12(17-2)10(9-11)5-4-8-14/h6-7,9H,3-5H2,1-2H3. The summed E-state index contributed by atoms with van der Waals surface area (Å²) in [6, 6.07) is 7.61. The number of aryl methyl sites for hydroxylation is 1. The summed E-state index contributed by atoms with van der Waals surface area (Å²) >= 11 is 1.62. The van der Waals surface area contributed by atoms with Gasteiger partial charge in [-0.2, -0.15) is 5.26 Å². The molecule has 4 heteroatoms. The zero-order valence-electron chi connectivity index (χ0n) is 10.0. The van der Waals surface area contributed by atoms with Gasteiger partial charge in [0.25, 0.3) is 0 Å². The van der Waals surface area contributed by atoms with Gasteiger partial charge in [0.1, 0.15) is 0 Å². The van der Waals surface area contributed by atoms with Crippen molar-refractivity contribution in [2.24, 2.45) is 0 Å². The van der Waals surface area contributed by atoms with Crippen molar-refractivity contribution in [1.82, 2.24) is 0 Å². The van der Waals surface area contributed by atoms with Gasteiger partial charge in [-0.1, -0.05) is 0 Å². The fraction of sp³-hybridized carbons (Fsp3) is 0.385. The van der Waals surface area contributed by atoms with E-state index >= 15 is 0 Å². The Balaban J connectivity index is 2.96. The van der Waals surface area contributed by atoms with Crippen LogP contribution in [0.5, 0.6) is 0 Å². The van der Waals surface area contributed by atoms with E-state index in [4.69, 9.17) is 10.00 Å². The van der Waals surface area contributed by atoms with Crippen molar-refractivity contribution in [2.75, 3.05) is 12.9 Å². The number of hydrogen-bond donors (Lipinski definition) is 0. The Morgan fingerprint density at radius 1 is 1.53 bits per heavy atom. The third kappa shape index (κ3) is 3.79. The van der Waals surface area contributed by atoms with E-state index in [9.17, 15) is 4.79 Å². The Morgan fingerprint density at radius 3 is 2.88 bits per heavy atom. The lowest BCUT2D eigenvalue weighted by Gasteiger charge is -2.08.